The third-order valence-corrected chi connectivity index (χ3v) is 6.04. The lowest BCUT2D eigenvalue weighted by Crippen LogP contribution is -2.37. The fourth-order valence-corrected chi connectivity index (χ4v) is 3.74. The zero-order chi connectivity index (χ0) is 16.6. The number of rotatable bonds is 5. The van der Waals surface area contributed by atoms with E-state index in [-0.39, 0.29) is 0 Å². The van der Waals surface area contributed by atoms with Crippen LogP contribution in [0.5, 0.6) is 0 Å². The van der Waals surface area contributed by atoms with Gasteiger partial charge in [-0.2, -0.15) is 0 Å². The second-order valence-corrected chi connectivity index (χ2v) is 6.92. The zero-order valence-electron chi connectivity index (χ0n) is 15.8. The Morgan fingerprint density at radius 2 is 0.955 bits per heavy atom. The normalized spacial score (nSPS) is 26.2. The van der Waals surface area contributed by atoms with Crippen LogP contribution >= 0.6 is 0 Å². The van der Waals surface area contributed by atoms with Crippen molar-refractivity contribution in [3.05, 3.63) is 22.8 Å². The van der Waals surface area contributed by atoms with Crippen molar-refractivity contribution in [3.8, 4) is 0 Å². The van der Waals surface area contributed by atoms with E-state index in [1.54, 1.807) is 0 Å². The Morgan fingerprint density at radius 3 is 1.18 bits per heavy atom. The maximum absolute atomic E-state index is 2.54. The summed E-state index contributed by atoms with van der Waals surface area (Å²) in [6.45, 7) is 15.9. The fraction of sp³-hybridized carbons (Fsp3) is 0.778. The van der Waals surface area contributed by atoms with Gasteiger partial charge < -0.3 is 19.6 Å². The van der Waals surface area contributed by atoms with Crippen LogP contribution in [0.1, 0.15) is 54.4 Å². The molecule has 4 heteroatoms. The van der Waals surface area contributed by atoms with Crippen molar-refractivity contribution in [1.82, 2.24) is 19.6 Å². The number of hydrogen-bond acceptors (Lipinski definition) is 4. The average Bonchev–Trinajstić information content (AvgIpc) is 2.79. The molecule has 2 heterocycles. The second kappa shape index (κ2) is 6.43. The summed E-state index contributed by atoms with van der Waals surface area (Å²) in [5, 5.41) is 0. The maximum Gasteiger partial charge on any atom is 0.0979 e. The first-order valence-electron chi connectivity index (χ1n) is 8.61. The van der Waals surface area contributed by atoms with Crippen LogP contribution in [0.2, 0.25) is 0 Å². The molecule has 0 spiro atoms. The summed E-state index contributed by atoms with van der Waals surface area (Å²) in [4.78, 5) is 9.85. The molecule has 0 N–H and O–H groups in total. The summed E-state index contributed by atoms with van der Waals surface area (Å²) in [7, 11) is 4.39. The quantitative estimate of drug-likeness (QED) is 0.721. The van der Waals surface area contributed by atoms with E-state index in [4.69, 9.17) is 0 Å². The molecule has 0 fully saturated rings. The molecule has 0 aromatic rings. The molecule has 0 amide bonds. The number of unbranched alkanes of at least 4 members (excludes halogenated alkanes) is 1. The van der Waals surface area contributed by atoms with Gasteiger partial charge in [0.1, 0.15) is 0 Å². The van der Waals surface area contributed by atoms with Gasteiger partial charge in [-0.25, -0.2) is 0 Å². The molecule has 0 saturated heterocycles. The minimum absolute atomic E-state index is 0.501. The molecule has 2 unspecified atom stereocenters. The van der Waals surface area contributed by atoms with Crippen LogP contribution < -0.4 is 0 Å². The number of nitrogens with zero attached hydrogens (tertiary/aromatic N) is 4. The molecule has 0 aromatic heterocycles. The van der Waals surface area contributed by atoms with E-state index >= 15 is 0 Å². The average molecular weight is 306 g/mol. The summed E-state index contributed by atoms with van der Waals surface area (Å²) >= 11 is 0. The summed E-state index contributed by atoms with van der Waals surface area (Å²) in [5.74, 6) is 0. The first-order valence-corrected chi connectivity index (χ1v) is 8.61. The first kappa shape index (κ1) is 17.0. The number of allylic oxidation sites excluding steroid dienone is 4. The van der Waals surface area contributed by atoms with Crippen LogP contribution in [0.3, 0.4) is 0 Å². The highest BCUT2D eigenvalue weighted by molar-refractivity contribution is 5.16. The Balaban J connectivity index is 1.81. The second-order valence-electron chi connectivity index (χ2n) is 6.92. The van der Waals surface area contributed by atoms with Crippen molar-refractivity contribution in [2.24, 2.45) is 0 Å². The lowest BCUT2D eigenvalue weighted by atomic mass is 10.2. The van der Waals surface area contributed by atoms with Crippen molar-refractivity contribution < 1.29 is 0 Å². The van der Waals surface area contributed by atoms with Gasteiger partial charge >= 0.3 is 0 Å². The molecular weight excluding hydrogens is 272 g/mol. The van der Waals surface area contributed by atoms with Gasteiger partial charge in [0.15, 0.2) is 0 Å². The van der Waals surface area contributed by atoms with Crippen molar-refractivity contribution in [1.29, 1.82) is 0 Å². The predicted octanol–water partition coefficient (Wildman–Crippen LogP) is 3.46. The van der Waals surface area contributed by atoms with Gasteiger partial charge in [-0.05, 0) is 54.4 Å². The molecule has 0 saturated carbocycles. The molecule has 4 nitrogen and oxygen atoms in total. The van der Waals surface area contributed by atoms with E-state index in [0.29, 0.717) is 12.3 Å². The Bertz CT molecular complexity index is 435. The molecule has 0 aliphatic carbocycles. The van der Waals surface area contributed by atoms with Gasteiger partial charge in [-0.15, -0.1) is 0 Å². The molecule has 22 heavy (non-hydrogen) atoms. The molecule has 0 bridgehead atoms. The van der Waals surface area contributed by atoms with Crippen molar-refractivity contribution in [2.75, 3.05) is 27.2 Å². The molecule has 2 aliphatic rings. The highest BCUT2D eigenvalue weighted by atomic mass is 15.4. The van der Waals surface area contributed by atoms with Gasteiger partial charge in [-0.1, -0.05) is 0 Å². The Labute approximate surface area is 137 Å². The Hall–Kier alpha value is -1.32. The van der Waals surface area contributed by atoms with E-state index in [9.17, 15) is 0 Å². The standard InChI is InChI=1S/C18H34N4/c1-13-15(3)21(17(5)19(13)7)11-9-10-12-22-16(4)14(2)20(8)18(22)6/h17-18H,9-12H2,1-8H3. The largest absolute Gasteiger partial charge is 0.357 e. The van der Waals surface area contributed by atoms with E-state index < -0.39 is 0 Å². The summed E-state index contributed by atoms with van der Waals surface area (Å²) < 4.78 is 0. The molecule has 2 atom stereocenters. The van der Waals surface area contributed by atoms with Crippen molar-refractivity contribution >= 4 is 0 Å². The SMILES string of the molecule is CC1=C(C)N(CCCCN2C(C)=C(C)N(C)C2C)C(C)N1C. The van der Waals surface area contributed by atoms with E-state index in [1.807, 2.05) is 0 Å². The zero-order valence-corrected chi connectivity index (χ0v) is 15.8. The van der Waals surface area contributed by atoms with Gasteiger partial charge in [0, 0.05) is 50.0 Å². The van der Waals surface area contributed by atoms with Crippen LogP contribution in [0.4, 0.5) is 0 Å². The minimum atomic E-state index is 0.501. The summed E-state index contributed by atoms with van der Waals surface area (Å²) in [6.07, 6.45) is 3.51. The number of hydrogen-bond donors (Lipinski definition) is 0. The van der Waals surface area contributed by atoms with Crippen molar-refractivity contribution in [3.63, 3.8) is 0 Å². The summed E-state index contributed by atoms with van der Waals surface area (Å²) in [6, 6.07) is 0. The van der Waals surface area contributed by atoms with Crippen LogP contribution in [0.15, 0.2) is 22.8 Å². The highest BCUT2D eigenvalue weighted by Gasteiger charge is 2.29. The molecule has 2 aliphatic heterocycles. The van der Waals surface area contributed by atoms with Gasteiger partial charge in [0.2, 0.25) is 0 Å². The smallest absolute Gasteiger partial charge is 0.0979 e. The van der Waals surface area contributed by atoms with Crippen LogP contribution in [-0.4, -0.2) is 59.1 Å². The third kappa shape index (κ3) is 2.80. The van der Waals surface area contributed by atoms with Crippen LogP contribution in [0.25, 0.3) is 0 Å². The Kier molecular flexibility index (Phi) is 4.98. The first-order chi connectivity index (χ1) is 10.3. The maximum atomic E-state index is 2.54. The highest BCUT2D eigenvalue weighted by Crippen LogP contribution is 2.29. The molecule has 0 radical (unpaired) electrons. The van der Waals surface area contributed by atoms with Crippen LogP contribution in [0, 0.1) is 0 Å². The fourth-order valence-electron chi connectivity index (χ4n) is 3.74. The third-order valence-electron chi connectivity index (χ3n) is 6.04. The topological polar surface area (TPSA) is 13.0 Å². The molecule has 126 valence electrons. The van der Waals surface area contributed by atoms with Gasteiger partial charge in [0.05, 0.1) is 12.3 Å². The monoisotopic (exact) mass is 306 g/mol. The van der Waals surface area contributed by atoms with E-state index in [1.165, 1.54) is 35.6 Å². The lowest BCUT2D eigenvalue weighted by molar-refractivity contribution is 0.161. The summed E-state index contributed by atoms with van der Waals surface area (Å²) in [5.41, 5.74) is 5.71. The van der Waals surface area contributed by atoms with E-state index in [0.717, 1.165) is 13.1 Å². The minimum Gasteiger partial charge on any atom is -0.357 e. The van der Waals surface area contributed by atoms with Crippen LogP contribution in [-0.2, 0) is 0 Å². The molecule has 0 aromatic carbocycles. The van der Waals surface area contributed by atoms with Gasteiger partial charge in [0.25, 0.3) is 0 Å². The Morgan fingerprint density at radius 1 is 0.636 bits per heavy atom. The predicted molar refractivity (Wildman–Crippen MR) is 93.8 cm³/mol. The lowest BCUT2D eigenvalue weighted by Gasteiger charge is -2.31. The molecule has 2 rings (SSSR count). The van der Waals surface area contributed by atoms with Gasteiger partial charge in [-0.3, -0.25) is 0 Å². The van der Waals surface area contributed by atoms with Crippen molar-refractivity contribution in [2.45, 2.75) is 66.7 Å². The molecular formula is C18H34N4. The van der Waals surface area contributed by atoms with E-state index in [2.05, 4.69) is 75.2 Å².